The molecule has 2 aromatic carbocycles. The van der Waals surface area contributed by atoms with E-state index >= 15 is 0 Å². The maximum absolute atomic E-state index is 12.6. The average Bonchev–Trinajstić information content (AvgIpc) is 2.78. The van der Waals surface area contributed by atoms with Crippen LogP contribution in [0.1, 0.15) is 5.56 Å². The molecule has 0 aromatic heterocycles. The first-order valence-corrected chi connectivity index (χ1v) is 11.0. The summed E-state index contributed by atoms with van der Waals surface area (Å²) in [6.07, 6.45) is 0.0270. The maximum atomic E-state index is 12.6. The Labute approximate surface area is 183 Å². The van der Waals surface area contributed by atoms with Crippen LogP contribution >= 0.6 is 11.6 Å². The minimum absolute atomic E-state index is 0.00970. The van der Waals surface area contributed by atoms with E-state index in [0.717, 1.165) is 43.4 Å². The number of rotatable bonds is 5. The zero-order chi connectivity index (χ0) is 20.8. The van der Waals surface area contributed by atoms with Crippen molar-refractivity contribution in [2.24, 2.45) is 0 Å². The molecule has 1 N–H and O–H groups in total. The number of ether oxygens (including phenoxy) is 1. The Morgan fingerprint density at radius 2 is 1.83 bits per heavy atom. The number of hydrogen-bond donors (Lipinski definition) is 1. The molecule has 2 aliphatic rings. The minimum Gasteiger partial charge on any atom is -0.374 e. The summed E-state index contributed by atoms with van der Waals surface area (Å²) in [7, 11) is 0. The van der Waals surface area contributed by atoms with Crippen LogP contribution in [0.25, 0.3) is 0 Å². The fourth-order valence-corrected chi connectivity index (χ4v) is 4.23. The highest BCUT2D eigenvalue weighted by Crippen LogP contribution is 2.20. The number of nitrogens with one attached hydrogen (secondary N) is 1. The number of amides is 2. The van der Waals surface area contributed by atoms with Gasteiger partial charge in [0.1, 0.15) is 0 Å². The van der Waals surface area contributed by atoms with Crippen molar-refractivity contribution in [1.82, 2.24) is 15.1 Å². The van der Waals surface area contributed by atoms with Crippen molar-refractivity contribution in [1.29, 1.82) is 0 Å². The van der Waals surface area contributed by atoms with Gasteiger partial charge in [-0.05, 0) is 23.8 Å². The Balaban J connectivity index is 1.20. The van der Waals surface area contributed by atoms with Gasteiger partial charge in [0.05, 0.1) is 12.7 Å². The normalized spacial score (nSPS) is 20.2. The lowest BCUT2D eigenvalue weighted by atomic mass is 10.2. The highest BCUT2D eigenvalue weighted by molar-refractivity contribution is 6.30. The van der Waals surface area contributed by atoms with Crippen LogP contribution in [0.5, 0.6) is 0 Å². The number of carbonyl (C=O) groups excluding carboxylic acids is 1. The molecule has 0 spiro atoms. The summed E-state index contributed by atoms with van der Waals surface area (Å²) in [5.74, 6) is 0. The van der Waals surface area contributed by atoms with Gasteiger partial charge in [-0.1, -0.05) is 48.0 Å². The molecule has 7 heteroatoms. The van der Waals surface area contributed by atoms with Crippen molar-refractivity contribution in [2.75, 3.05) is 57.3 Å². The van der Waals surface area contributed by atoms with Gasteiger partial charge >= 0.3 is 6.03 Å². The van der Waals surface area contributed by atoms with Gasteiger partial charge < -0.3 is 19.9 Å². The van der Waals surface area contributed by atoms with Gasteiger partial charge in [-0.2, -0.15) is 0 Å². The fraction of sp³-hybridized carbons (Fsp3) is 0.435. The Morgan fingerprint density at radius 1 is 1.03 bits per heavy atom. The molecule has 2 aliphatic heterocycles. The van der Waals surface area contributed by atoms with Crippen molar-refractivity contribution < 1.29 is 9.53 Å². The van der Waals surface area contributed by atoms with E-state index in [-0.39, 0.29) is 12.1 Å². The van der Waals surface area contributed by atoms with E-state index in [1.54, 1.807) is 0 Å². The quantitative estimate of drug-likeness (QED) is 0.795. The van der Waals surface area contributed by atoms with Gasteiger partial charge in [-0.25, -0.2) is 4.79 Å². The van der Waals surface area contributed by atoms with Crippen LogP contribution in [-0.4, -0.2) is 74.4 Å². The molecule has 0 bridgehead atoms. The van der Waals surface area contributed by atoms with E-state index in [9.17, 15) is 4.79 Å². The Hall–Kier alpha value is -2.28. The summed E-state index contributed by atoms with van der Waals surface area (Å²) < 4.78 is 5.87. The first-order chi connectivity index (χ1) is 14.7. The first kappa shape index (κ1) is 21.0. The largest absolute Gasteiger partial charge is 0.374 e. The summed E-state index contributed by atoms with van der Waals surface area (Å²) in [6, 6.07) is 18.3. The van der Waals surface area contributed by atoms with E-state index in [1.807, 2.05) is 29.2 Å². The first-order valence-electron chi connectivity index (χ1n) is 10.6. The molecule has 30 heavy (non-hydrogen) atoms. The topological polar surface area (TPSA) is 48.1 Å². The average molecular weight is 429 g/mol. The van der Waals surface area contributed by atoms with Gasteiger partial charge in [0, 0.05) is 63.1 Å². The highest BCUT2D eigenvalue weighted by atomic mass is 35.5. The minimum atomic E-state index is -0.00970. The SMILES string of the molecule is O=C(NCC1CN(Cc2ccccc2)CCO1)N1CCN(c2cccc(Cl)c2)CC1. The monoisotopic (exact) mass is 428 g/mol. The predicted octanol–water partition coefficient (Wildman–Crippen LogP) is 3.07. The van der Waals surface area contributed by atoms with Crippen molar-refractivity contribution in [2.45, 2.75) is 12.6 Å². The smallest absolute Gasteiger partial charge is 0.317 e. The number of piperazine rings is 1. The lowest BCUT2D eigenvalue weighted by molar-refractivity contribution is -0.0291. The third kappa shape index (κ3) is 5.65. The van der Waals surface area contributed by atoms with Crippen LogP contribution in [-0.2, 0) is 11.3 Å². The number of halogens is 1. The summed E-state index contributed by atoms with van der Waals surface area (Å²) in [5, 5.41) is 3.80. The molecule has 0 aliphatic carbocycles. The van der Waals surface area contributed by atoms with Crippen molar-refractivity contribution >= 4 is 23.3 Å². The Kier molecular flexibility index (Phi) is 7.10. The predicted molar refractivity (Wildman–Crippen MR) is 120 cm³/mol. The summed E-state index contributed by atoms with van der Waals surface area (Å²) >= 11 is 6.10. The third-order valence-corrected chi connectivity index (χ3v) is 5.93. The number of carbonyl (C=O) groups is 1. The molecule has 1 atom stereocenters. The molecule has 4 rings (SSSR count). The summed E-state index contributed by atoms with van der Waals surface area (Å²) in [6.45, 7) is 6.91. The molecule has 160 valence electrons. The van der Waals surface area contributed by atoms with Crippen LogP contribution in [0.2, 0.25) is 5.02 Å². The van der Waals surface area contributed by atoms with Gasteiger partial charge in [-0.3, -0.25) is 4.90 Å². The number of urea groups is 1. The molecular weight excluding hydrogens is 400 g/mol. The number of hydrogen-bond acceptors (Lipinski definition) is 4. The second-order valence-corrected chi connectivity index (χ2v) is 8.29. The molecule has 2 saturated heterocycles. The third-order valence-electron chi connectivity index (χ3n) is 5.69. The van der Waals surface area contributed by atoms with E-state index < -0.39 is 0 Å². The second-order valence-electron chi connectivity index (χ2n) is 7.85. The highest BCUT2D eigenvalue weighted by Gasteiger charge is 2.24. The second kappa shape index (κ2) is 10.2. The molecule has 0 radical (unpaired) electrons. The molecule has 2 heterocycles. The van der Waals surface area contributed by atoms with E-state index in [2.05, 4.69) is 45.4 Å². The molecule has 6 nitrogen and oxygen atoms in total. The zero-order valence-corrected chi connectivity index (χ0v) is 17.9. The van der Waals surface area contributed by atoms with Crippen molar-refractivity contribution in [3.63, 3.8) is 0 Å². The fourth-order valence-electron chi connectivity index (χ4n) is 4.04. The Morgan fingerprint density at radius 3 is 2.60 bits per heavy atom. The zero-order valence-electron chi connectivity index (χ0n) is 17.2. The van der Waals surface area contributed by atoms with E-state index in [0.29, 0.717) is 26.2 Å². The van der Waals surface area contributed by atoms with Crippen LogP contribution in [0.3, 0.4) is 0 Å². The molecule has 2 aromatic rings. The number of benzene rings is 2. The molecular formula is C23H29ClN4O2. The molecule has 2 fully saturated rings. The van der Waals surface area contributed by atoms with E-state index in [4.69, 9.17) is 16.3 Å². The lowest BCUT2D eigenvalue weighted by Gasteiger charge is -2.37. The summed E-state index contributed by atoms with van der Waals surface area (Å²) in [5.41, 5.74) is 2.41. The molecule has 0 saturated carbocycles. The van der Waals surface area contributed by atoms with Crippen molar-refractivity contribution in [3.8, 4) is 0 Å². The van der Waals surface area contributed by atoms with Gasteiger partial charge in [0.15, 0.2) is 0 Å². The van der Waals surface area contributed by atoms with E-state index in [1.165, 1.54) is 5.56 Å². The van der Waals surface area contributed by atoms with Crippen molar-refractivity contribution in [3.05, 3.63) is 65.2 Å². The van der Waals surface area contributed by atoms with Crippen LogP contribution in [0.15, 0.2) is 54.6 Å². The van der Waals surface area contributed by atoms with Gasteiger partial charge in [0.25, 0.3) is 0 Å². The summed E-state index contributed by atoms with van der Waals surface area (Å²) in [4.78, 5) is 19.2. The standard InChI is InChI=1S/C23H29ClN4O2/c24-20-7-4-8-21(15-20)27-9-11-28(12-10-27)23(29)25-16-22-18-26(13-14-30-22)17-19-5-2-1-3-6-19/h1-8,15,22H,9-14,16-18H2,(H,25,29). The van der Waals surface area contributed by atoms with Crippen LogP contribution < -0.4 is 10.2 Å². The maximum Gasteiger partial charge on any atom is 0.317 e. The van der Waals surface area contributed by atoms with Crippen LogP contribution in [0, 0.1) is 0 Å². The number of anilines is 1. The van der Waals surface area contributed by atoms with Gasteiger partial charge in [0.2, 0.25) is 0 Å². The lowest BCUT2D eigenvalue weighted by Crippen LogP contribution is -2.54. The Bertz CT molecular complexity index is 827. The number of morpholine rings is 1. The van der Waals surface area contributed by atoms with Gasteiger partial charge in [-0.15, -0.1) is 0 Å². The molecule has 2 amide bonds. The number of nitrogens with zero attached hydrogens (tertiary/aromatic N) is 3. The molecule has 1 unspecified atom stereocenters. The van der Waals surface area contributed by atoms with Crippen LogP contribution in [0.4, 0.5) is 10.5 Å².